The number of carbonyl (C=O) groups is 1. The molecule has 0 saturated heterocycles. The number of nitrogen functional groups attached to an aromatic ring is 1. The Labute approximate surface area is 166 Å². The molecule has 0 aliphatic heterocycles. The number of nitrogens with two attached hydrogens (primary N) is 1. The first-order valence-corrected chi connectivity index (χ1v) is 10.1. The van der Waals surface area contributed by atoms with Crippen LogP contribution in [-0.2, 0) is 24.1 Å². The molecule has 0 fully saturated rings. The highest BCUT2D eigenvalue weighted by Gasteiger charge is 2.15. The van der Waals surface area contributed by atoms with Gasteiger partial charge in [-0.05, 0) is 54.2 Å². The molecule has 1 aliphatic rings. The smallest absolute Gasteiger partial charge is 0.234 e. The summed E-state index contributed by atoms with van der Waals surface area (Å²) in [5, 5.41) is 11.4. The number of rotatable bonds is 6. The van der Waals surface area contributed by atoms with E-state index in [2.05, 4.69) is 21.6 Å². The Balaban J connectivity index is 1.35. The molecule has 144 valence electrons. The monoisotopic (exact) mass is 397 g/mol. The Morgan fingerprint density at radius 2 is 2.00 bits per heavy atom. The van der Waals surface area contributed by atoms with Crippen LogP contribution in [-0.4, -0.2) is 26.5 Å². The molecule has 1 heterocycles. The Kier molecular flexibility index (Phi) is 5.29. The van der Waals surface area contributed by atoms with Crippen LogP contribution in [0.15, 0.2) is 47.6 Å². The molecule has 2 aromatic carbocycles. The summed E-state index contributed by atoms with van der Waals surface area (Å²) in [6.45, 7) is 0. The van der Waals surface area contributed by atoms with Crippen molar-refractivity contribution in [2.75, 3.05) is 16.9 Å². The molecule has 3 aromatic rings. The normalized spacial score (nSPS) is 12.8. The van der Waals surface area contributed by atoms with Crippen LogP contribution in [0.4, 0.5) is 10.1 Å². The highest BCUT2D eigenvalue weighted by Crippen LogP contribution is 2.25. The van der Waals surface area contributed by atoms with E-state index in [4.69, 9.17) is 5.84 Å². The van der Waals surface area contributed by atoms with E-state index in [0.717, 1.165) is 18.5 Å². The standard InChI is InChI=1S/C20H20FN5OS/c21-17-7-2-1-4-15(17)11-18-24-25-20(26(18)22)28-12-19(27)23-16-9-8-13-5-3-6-14(13)10-16/h1-2,4,7-10H,3,5-6,11-12,22H2,(H,23,27). The number of fused-ring (bicyclic) bond motifs is 1. The van der Waals surface area contributed by atoms with Gasteiger partial charge >= 0.3 is 0 Å². The largest absolute Gasteiger partial charge is 0.336 e. The molecule has 6 nitrogen and oxygen atoms in total. The molecular formula is C20H20FN5OS. The predicted molar refractivity (Wildman–Crippen MR) is 107 cm³/mol. The van der Waals surface area contributed by atoms with Gasteiger partial charge in [-0.15, -0.1) is 10.2 Å². The van der Waals surface area contributed by atoms with E-state index in [1.54, 1.807) is 18.2 Å². The molecule has 4 rings (SSSR count). The SMILES string of the molecule is Nn1c(Cc2ccccc2F)nnc1SCC(=O)Nc1ccc2c(c1)CCC2. The number of hydrogen-bond acceptors (Lipinski definition) is 5. The van der Waals surface area contributed by atoms with Gasteiger partial charge < -0.3 is 11.2 Å². The van der Waals surface area contributed by atoms with E-state index < -0.39 is 0 Å². The average Bonchev–Trinajstić information content (AvgIpc) is 3.29. The summed E-state index contributed by atoms with van der Waals surface area (Å²) in [6.07, 6.45) is 3.58. The number of amides is 1. The van der Waals surface area contributed by atoms with Crippen molar-refractivity contribution in [1.29, 1.82) is 0 Å². The fourth-order valence-electron chi connectivity index (χ4n) is 3.32. The minimum absolute atomic E-state index is 0.137. The summed E-state index contributed by atoms with van der Waals surface area (Å²) in [7, 11) is 0. The van der Waals surface area contributed by atoms with E-state index in [1.165, 1.54) is 40.1 Å². The lowest BCUT2D eigenvalue weighted by atomic mass is 10.1. The number of aromatic nitrogens is 3. The van der Waals surface area contributed by atoms with Crippen molar-refractivity contribution in [1.82, 2.24) is 14.9 Å². The van der Waals surface area contributed by atoms with E-state index in [9.17, 15) is 9.18 Å². The molecule has 0 saturated carbocycles. The van der Waals surface area contributed by atoms with Crippen molar-refractivity contribution < 1.29 is 9.18 Å². The van der Waals surface area contributed by atoms with E-state index in [-0.39, 0.29) is 23.9 Å². The number of hydrogen-bond donors (Lipinski definition) is 2. The Bertz CT molecular complexity index is 1020. The van der Waals surface area contributed by atoms with Crippen molar-refractivity contribution in [3.63, 3.8) is 0 Å². The second kappa shape index (κ2) is 8.02. The third-order valence-corrected chi connectivity index (χ3v) is 5.70. The van der Waals surface area contributed by atoms with Gasteiger partial charge in [0.2, 0.25) is 11.1 Å². The van der Waals surface area contributed by atoms with E-state index >= 15 is 0 Å². The summed E-state index contributed by atoms with van der Waals surface area (Å²) >= 11 is 1.19. The van der Waals surface area contributed by atoms with Crippen LogP contribution in [0.5, 0.6) is 0 Å². The minimum atomic E-state index is -0.312. The molecule has 28 heavy (non-hydrogen) atoms. The van der Waals surface area contributed by atoms with Gasteiger partial charge in [-0.2, -0.15) is 0 Å². The van der Waals surface area contributed by atoms with Gasteiger partial charge in [0, 0.05) is 12.1 Å². The van der Waals surface area contributed by atoms with Gasteiger partial charge in [-0.25, -0.2) is 9.07 Å². The number of nitrogens with one attached hydrogen (secondary N) is 1. The summed E-state index contributed by atoms with van der Waals surface area (Å²) in [5.41, 5.74) is 3.98. The van der Waals surface area contributed by atoms with Crippen molar-refractivity contribution in [2.24, 2.45) is 0 Å². The fraction of sp³-hybridized carbons (Fsp3) is 0.250. The average molecular weight is 397 g/mol. The number of anilines is 1. The third-order valence-electron chi connectivity index (χ3n) is 4.76. The number of nitrogens with zero attached hydrogens (tertiary/aromatic N) is 3. The van der Waals surface area contributed by atoms with Crippen molar-refractivity contribution in [3.8, 4) is 0 Å². The Morgan fingerprint density at radius 1 is 1.18 bits per heavy atom. The second-order valence-electron chi connectivity index (χ2n) is 6.71. The van der Waals surface area contributed by atoms with Gasteiger partial charge in [-0.3, -0.25) is 4.79 Å². The Hall–Kier alpha value is -2.87. The number of halogens is 1. The van der Waals surface area contributed by atoms with Crippen LogP contribution in [0, 0.1) is 5.82 Å². The van der Waals surface area contributed by atoms with E-state index in [1.807, 2.05) is 12.1 Å². The first kappa shape index (κ1) is 18.5. The zero-order valence-electron chi connectivity index (χ0n) is 15.2. The first-order valence-electron chi connectivity index (χ1n) is 9.07. The second-order valence-corrected chi connectivity index (χ2v) is 7.65. The van der Waals surface area contributed by atoms with Crippen LogP contribution in [0.2, 0.25) is 0 Å². The molecule has 0 radical (unpaired) electrons. The number of benzene rings is 2. The topological polar surface area (TPSA) is 85.8 Å². The maximum absolute atomic E-state index is 13.8. The van der Waals surface area contributed by atoms with Crippen LogP contribution in [0.3, 0.4) is 0 Å². The molecule has 3 N–H and O–H groups in total. The molecule has 8 heteroatoms. The van der Waals surface area contributed by atoms with Crippen LogP contribution in [0.25, 0.3) is 0 Å². The molecule has 1 amide bonds. The molecule has 0 atom stereocenters. The zero-order valence-corrected chi connectivity index (χ0v) is 16.0. The quantitative estimate of drug-likeness (QED) is 0.493. The van der Waals surface area contributed by atoms with Crippen molar-refractivity contribution >= 4 is 23.4 Å². The van der Waals surface area contributed by atoms with Gasteiger partial charge in [0.25, 0.3) is 0 Å². The maximum atomic E-state index is 13.8. The van der Waals surface area contributed by atoms with Crippen LogP contribution in [0.1, 0.15) is 28.9 Å². The number of carbonyl (C=O) groups excluding carboxylic acids is 1. The molecular weight excluding hydrogens is 377 g/mol. The van der Waals surface area contributed by atoms with Crippen molar-refractivity contribution in [2.45, 2.75) is 30.8 Å². The maximum Gasteiger partial charge on any atom is 0.234 e. The predicted octanol–water partition coefficient (Wildman–Crippen LogP) is 2.94. The zero-order chi connectivity index (χ0) is 19.5. The van der Waals surface area contributed by atoms with Crippen LogP contribution >= 0.6 is 11.8 Å². The molecule has 0 bridgehead atoms. The summed E-state index contributed by atoms with van der Waals surface area (Å²) in [6, 6.07) is 12.5. The van der Waals surface area contributed by atoms with Crippen LogP contribution < -0.4 is 11.2 Å². The molecule has 0 spiro atoms. The molecule has 1 aromatic heterocycles. The Morgan fingerprint density at radius 3 is 2.86 bits per heavy atom. The molecule has 1 aliphatic carbocycles. The highest BCUT2D eigenvalue weighted by molar-refractivity contribution is 7.99. The van der Waals surface area contributed by atoms with Gasteiger partial charge in [0.15, 0.2) is 5.82 Å². The van der Waals surface area contributed by atoms with Gasteiger partial charge in [0.05, 0.1) is 5.75 Å². The minimum Gasteiger partial charge on any atom is -0.336 e. The first-order chi connectivity index (χ1) is 13.6. The highest BCUT2D eigenvalue weighted by atomic mass is 32.2. The summed E-state index contributed by atoms with van der Waals surface area (Å²) in [4.78, 5) is 12.3. The fourth-order valence-corrected chi connectivity index (χ4v) is 3.99. The molecule has 0 unspecified atom stereocenters. The third kappa shape index (κ3) is 4.01. The van der Waals surface area contributed by atoms with Gasteiger partial charge in [-0.1, -0.05) is 36.0 Å². The van der Waals surface area contributed by atoms with Crippen molar-refractivity contribution in [3.05, 3.63) is 70.8 Å². The van der Waals surface area contributed by atoms with Gasteiger partial charge in [0.1, 0.15) is 5.82 Å². The lowest BCUT2D eigenvalue weighted by molar-refractivity contribution is -0.113. The number of aryl methyl sites for hydroxylation is 2. The summed E-state index contributed by atoms with van der Waals surface area (Å²) in [5.74, 6) is 6.16. The number of thioether (sulfide) groups is 1. The summed E-state index contributed by atoms with van der Waals surface area (Å²) < 4.78 is 15.1. The lowest BCUT2D eigenvalue weighted by Crippen LogP contribution is -2.17. The van der Waals surface area contributed by atoms with E-state index in [0.29, 0.717) is 16.5 Å². The lowest BCUT2D eigenvalue weighted by Gasteiger charge is -2.07.